The molecule has 0 amide bonds. The highest BCUT2D eigenvalue weighted by atomic mass is 79.9. The Kier molecular flexibility index (Phi) is 8.28. The van der Waals surface area contributed by atoms with Crippen molar-refractivity contribution in [3.05, 3.63) is 47.8 Å². The fourth-order valence-corrected chi connectivity index (χ4v) is 2.34. The summed E-state index contributed by atoms with van der Waals surface area (Å²) >= 11 is 3.20. The van der Waals surface area contributed by atoms with Crippen LogP contribution in [0.15, 0.2) is 57.8 Å². The van der Waals surface area contributed by atoms with Crippen LogP contribution in [-0.2, 0) is 0 Å². The van der Waals surface area contributed by atoms with E-state index in [0.717, 1.165) is 19.1 Å². The maximum absolute atomic E-state index is 14.4. The van der Waals surface area contributed by atoms with Crippen LogP contribution in [0.2, 0.25) is 0 Å². The molecule has 0 heterocycles. The van der Waals surface area contributed by atoms with E-state index in [1.807, 2.05) is 4.90 Å². The Hall–Kier alpha value is -1.93. The summed E-state index contributed by atoms with van der Waals surface area (Å²) < 4.78 is 14.4. The van der Waals surface area contributed by atoms with Crippen LogP contribution in [0.4, 0.5) is 4.39 Å². The number of halogens is 2. The van der Waals surface area contributed by atoms with E-state index in [1.54, 1.807) is 17.1 Å². The average Bonchev–Trinajstić information content (AvgIpc) is 3.36. The van der Waals surface area contributed by atoms with Crippen molar-refractivity contribution >= 4 is 28.0 Å². The third-order valence-electron chi connectivity index (χ3n) is 3.22. The minimum absolute atomic E-state index is 0.285. The number of hydrogen-bond acceptors (Lipinski definition) is 2. The summed E-state index contributed by atoms with van der Waals surface area (Å²) in [5.74, 6) is 2.56. The highest BCUT2D eigenvalue weighted by molar-refractivity contribution is 9.11. The van der Waals surface area contributed by atoms with Gasteiger partial charge in [0.05, 0.1) is 11.8 Å². The van der Waals surface area contributed by atoms with Crippen molar-refractivity contribution in [1.82, 2.24) is 4.90 Å². The van der Waals surface area contributed by atoms with Crippen LogP contribution in [-0.4, -0.2) is 42.6 Å². The Balaban J connectivity index is 3.42. The van der Waals surface area contributed by atoms with Crippen molar-refractivity contribution in [2.24, 2.45) is 9.98 Å². The molecule has 1 aliphatic carbocycles. The van der Waals surface area contributed by atoms with Gasteiger partial charge in [-0.3, -0.25) is 4.99 Å². The molecule has 122 valence electrons. The van der Waals surface area contributed by atoms with Crippen LogP contribution in [0, 0.1) is 12.3 Å². The molecule has 0 aliphatic heterocycles. The van der Waals surface area contributed by atoms with E-state index < -0.39 is 11.9 Å². The van der Waals surface area contributed by atoms with E-state index in [1.165, 1.54) is 13.1 Å². The van der Waals surface area contributed by atoms with Gasteiger partial charge in [-0.2, -0.15) is 0 Å². The number of amidine groups is 1. The van der Waals surface area contributed by atoms with Gasteiger partial charge < -0.3 is 4.90 Å². The van der Waals surface area contributed by atoms with E-state index in [-0.39, 0.29) is 5.57 Å². The van der Waals surface area contributed by atoms with Gasteiger partial charge in [-0.25, -0.2) is 9.38 Å². The minimum atomic E-state index is -0.503. The van der Waals surface area contributed by atoms with Crippen LogP contribution in [0.5, 0.6) is 0 Å². The summed E-state index contributed by atoms with van der Waals surface area (Å²) in [6.07, 6.45) is 13.7. The standard InChI is InChI=1S/C18H21BrFN3/c1-5-12-23(15-8-9-15)18(22-14(6-2)10-11-19)16(7-3)17(20)13-21-4/h2,5,7,10-11,13-15H,1,3,8-9,12H2,4H3/b11-10+,17-16-,21-13?,22-18?. The van der Waals surface area contributed by atoms with Gasteiger partial charge in [-0.15, -0.1) is 13.0 Å². The number of nitrogens with zero attached hydrogens (tertiary/aromatic N) is 3. The Labute approximate surface area is 146 Å². The normalized spacial score (nSPS) is 17.7. The van der Waals surface area contributed by atoms with Crippen LogP contribution >= 0.6 is 15.9 Å². The third kappa shape index (κ3) is 5.65. The number of rotatable bonds is 8. The fraction of sp³-hybridized carbons (Fsp3) is 0.333. The lowest BCUT2D eigenvalue weighted by Crippen LogP contribution is -2.35. The Morgan fingerprint density at radius 2 is 2.22 bits per heavy atom. The van der Waals surface area contributed by atoms with Crippen molar-refractivity contribution in [2.75, 3.05) is 13.6 Å². The second-order valence-electron chi connectivity index (χ2n) is 4.91. The Bertz CT molecular complexity index is 592. The van der Waals surface area contributed by atoms with Gasteiger partial charge in [-0.1, -0.05) is 40.6 Å². The van der Waals surface area contributed by atoms with Crippen molar-refractivity contribution in [3.8, 4) is 12.3 Å². The van der Waals surface area contributed by atoms with E-state index in [4.69, 9.17) is 6.42 Å². The zero-order valence-corrected chi connectivity index (χ0v) is 14.8. The summed E-state index contributed by atoms with van der Waals surface area (Å²) in [6.45, 7) is 8.05. The fourth-order valence-electron chi connectivity index (χ4n) is 2.05. The molecule has 0 N–H and O–H groups in total. The topological polar surface area (TPSA) is 28.0 Å². The van der Waals surface area contributed by atoms with Gasteiger partial charge in [-0.05, 0) is 23.9 Å². The Morgan fingerprint density at radius 3 is 2.65 bits per heavy atom. The van der Waals surface area contributed by atoms with Crippen molar-refractivity contribution in [2.45, 2.75) is 24.9 Å². The molecule has 5 heteroatoms. The van der Waals surface area contributed by atoms with Crippen molar-refractivity contribution in [1.29, 1.82) is 0 Å². The average molecular weight is 378 g/mol. The number of hydrogen-bond donors (Lipinski definition) is 0. The summed E-state index contributed by atoms with van der Waals surface area (Å²) in [6, 6.07) is -0.184. The second-order valence-corrected chi connectivity index (χ2v) is 5.44. The van der Waals surface area contributed by atoms with Crippen LogP contribution in [0.1, 0.15) is 12.8 Å². The molecule has 0 saturated heterocycles. The SMILES string of the molecule is C#CC(/C=C/Br)N=C(/C(C=C)=C(\F)C=NC)N(CC=C)C1CC1. The lowest BCUT2D eigenvalue weighted by Gasteiger charge is -2.26. The number of allylic oxidation sites excluding steroid dienone is 1. The maximum Gasteiger partial charge on any atom is 0.151 e. The molecule has 1 fully saturated rings. The minimum Gasteiger partial charge on any atom is -0.350 e. The molecule has 1 rings (SSSR count). The highest BCUT2D eigenvalue weighted by Crippen LogP contribution is 2.29. The highest BCUT2D eigenvalue weighted by Gasteiger charge is 2.32. The first kappa shape index (κ1) is 19.1. The van der Waals surface area contributed by atoms with Gasteiger partial charge in [0.25, 0.3) is 0 Å². The Morgan fingerprint density at radius 1 is 1.52 bits per heavy atom. The predicted octanol–water partition coefficient (Wildman–Crippen LogP) is 4.06. The first-order chi connectivity index (χ1) is 11.1. The summed E-state index contributed by atoms with van der Waals surface area (Å²) in [5, 5.41) is 0. The molecule has 3 nitrogen and oxygen atoms in total. The van der Waals surface area contributed by atoms with Crippen LogP contribution in [0.25, 0.3) is 0 Å². The maximum atomic E-state index is 14.4. The molecule has 0 spiro atoms. The molecular formula is C18H21BrFN3. The zero-order valence-electron chi connectivity index (χ0n) is 13.3. The summed E-state index contributed by atoms with van der Waals surface area (Å²) in [4.78, 5) is 11.9. The lowest BCUT2D eigenvalue weighted by molar-refractivity contribution is 0.450. The van der Waals surface area contributed by atoms with Gasteiger partial charge in [0.2, 0.25) is 0 Å². The van der Waals surface area contributed by atoms with Gasteiger partial charge in [0.1, 0.15) is 11.9 Å². The third-order valence-corrected chi connectivity index (χ3v) is 3.52. The van der Waals surface area contributed by atoms with Gasteiger partial charge in [0.15, 0.2) is 5.83 Å². The summed E-state index contributed by atoms with van der Waals surface area (Å²) in [7, 11) is 1.51. The molecule has 0 aromatic carbocycles. The number of aliphatic imine (C=N–C) groups is 2. The molecule has 0 aromatic heterocycles. The molecule has 1 saturated carbocycles. The molecule has 0 radical (unpaired) electrons. The molecule has 1 atom stereocenters. The van der Waals surface area contributed by atoms with E-state index in [2.05, 4.69) is 45.0 Å². The van der Waals surface area contributed by atoms with Crippen LogP contribution < -0.4 is 0 Å². The van der Waals surface area contributed by atoms with Gasteiger partial charge >= 0.3 is 0 Å². The zero-order chi connectivity index (χ0) is 17.2. The largest absolute Gasteiger partial charge is 0.350 e. The molecule has 0 aromatic rings. The van der Waals surface area contributed by atoms with E-state index >= 15 is 0 Å². The van der Waals surface area contributed by atoms with E-state index in [9.17, 15) is 4.39 Å². The molecule has 1 unspecified atom stereocenters. The van der Waals surface area contributed by atoms with Crippen molar-refractivity contribution < 1.29 is 4.39 Å². The monoisotopic (exact) mass is 377 g/mol. The second kappa shape index (κ2) is 9.96. The number of terminal acetylenes is 1. The van der Waals surface area contributed by atoms with Crippen LogP contribution in [0.3, 0.4) is 0 Å². The summed E-state index contributed by atoms with van der Waals surface area (Å²) in [5.41, 5.74) is 0.285. The van der Waals surface area contributed by atoms with Gasteiger partial charge in [0, 0.05) is 19.6 Å². The van der Waals surface area contributed by atoms with E-state index in [0.29, 0.717) is 18.4 Å². The molecular weight excluding hydrogens is 357 g/mol. The molecule has 0 bridgehead atoms. The first-order valence-electron chi connectivity index (χ1n) is 7.26. The smallest absolute Gasteiger partial charge is 0.151 e. The quantitative estimate of drug-likeness (QED) is 0.206. The molecule has 23 heavy (non-hydrogen) atoms. The van der Waals surface area contributed by atoms with Crippen molar-refractivity contribution in [3.63, 3.8) is 0 Å². The first-order valence-corrected chi connectivity index (χ1v) is 8.17. The predicted molar refractivity (Wildman–Crippen MR) is 101 cm³/mol. The molecule has 1 aliphatic rings. The lowest BCUT2D eigenvalue weighted by atomic mass is 10.1.